The Morgan fingerprint density at radius 2 is 1.94 bits per heavy atom. The normalized spacial score (nSPS) is 12.1. The van der Waals surface area contributed by atoms with Gasteiger partial charge in [-0.15, -0.1) is 0 Å². The predicted octanol–water partition coefficient (Wildman–Crippen LogP) is 1.93. The molecule has 1 atom stereocenters. The second-order valence-corrected chi connectivity index (χ2v) is 3.16. The van der Waals surface area contributed by atoms with Gasteiger partial charge in [0.1, 0.15) is 11.6 Å². The van der Waals surface area contributed by atoms with Crippen molar-refractivity contribution in [2.75, 3.05) is 13.2 Å². The van der Waals surface area contributed by atoms with E-state index < -0.39 is 17.7 Å². The zero-order valence-corrected chi connectivity index (χ0v) is 8.49. The van der Waals surface area contributed by atoms with Crippen molar-refractivity contribution in [3.63, 3.8) is 0 Å². The molecule has 1 unspecified atom stereocenters. The van der Waals surface area contributed by atoms with Crippen LogP contribution in [-0.4, -0.2) is 18.3 Å². The van der Waals surface area contributed by atoms with Crippen LogP contribution in [0, 0.1) is 23.0 Å². The molecule has 0 amide bonds. The van der Waals surface area contributed by atoms with Gasteiger partial charge in [-0.05, 0) is 18.6 Å². The van der Waals surface area contributed by atoms with Crippen LogP contribution in [0.15, 0.2) is 18.2 Å². The van der Waals surface area contributed by atoms with E-state index in [0.29, 0.717) is 6.42 Å². The molecule has 0 aliphatic heterocycles. The summed E-state index contributed by atoms with van der Waals surface area (Å²) >= 11 is 0. The summed E-state index contributed by atoms with van der Waals surface area (Å²) in [6.45, 7) is 0.0997. The molecular formula is C11H11F2NO2. The number of ether oxygens (including phenoxy) is 1. The van der Waals surface area contributed by atoms with Crippen LogP contribution in [0.3, 0.4) is 0 Å². The van der Waals surface area contributed by atoms with E-state index in [1.165, 1.54) is 0 Å². The van der Waals surface area contributed by atoms with E-state index in [2.05, 4.69) is 0 Å². The molecule has 1 aromatic rings. The molecule has 0 radical (unpaired) electrons. The number of nitriles is 1. The van der Waals surface area contributed by atoms with E-state index in [-0.39, 0.29) is 18.8 Å². The molecule has 1 rings (SSSR count). The molecule has 16 heavy (non-hydrogen) atoms. The zero-order chi connectivity index (χ0) is 12.0. The molecular weight excluding hydrogens is 216 g/mol. The van der Waals surface area contributed by atoms with E-state index in [1.807, 2.05) is 0 Å². The largest absolute Gasteiger partial charge is 0.396 e. The fourth-order valence-corrected chi connectivity index (χ4v) is 1.20. The number of rotatable bonds is 5. The van der Waals surface area contributed by atoms with Crippen molar-refractivity contribution in [2.45, 2.75) is 12.5 Å². The van der Waals surface area contributed by atoms with Crippen molar-refractivity contribution in [3.8, 4) is 6.07 Å². The lowest BCUT2D eigenvalue weighted by Gasteiger charge is -2.10. The Kier molecular flexibility index (Phi) is 4.83. The van der Waals surface area contributed by atoms with Gasteiger partial charge in [0.05, 0.1) is 12.7 Å². The highest BCUT2D eigenvalue weighted by atomic mass is 19.1. The Hall–Kier alpha value is -1.51. The monoisotopic (exact) mass is 227 g/mol. The summed E-state index contributed by atoms with van der Waals surface area (Å²) in [4.78, 5) is 0. The lowest BCUT2D eigenvalue weighted by molar-refractivity contribution is 0.0770. The van der Waals surface area contributed by atoms with Gasteiger partial charge in [0.15, 0.2) is 6.10 Å². The molecule has 86 valence electrons. The van der Waals surface area contributed by atoms with Crippen molar-refractivity contribution in [1.29, 1.82) is 5.26 Å². The number of aliphatic hydroxyl groups excluding tert-OH is 1. The van der Waals surface area contributed by atoms with Crippen LogP contribution < -0.4 is 0 Å². The van der Waals surface area contributed by atoms with Crippen LogP contribution in [0.5, 0.6) is 0 Å². The van der Waals surface area contributed by atoms with Crippen LogP contribution in [0.1, 0.15) is 18.1 Å². The number of nitrogens with zero attached hydrogens (tertiary/aromatic N) is 1. The Morgan fingerprint density at radius 1 is 1.31 bits per heavy atom. The predicted molar refractivity (Wildman–Crippen MR) is 52.4 cm³/mol. The zero-order valence-electron chi connectivity index (χ0n) is 8.49. The van der Waals surface area contributed by atoms with Gasteiger partial charge in [-0.3, -0.25) is 0 Å². The minimum Gasteiger partial charge on any atom is -0.396 e. The molecule has 0 spiro atoms. The van der Waals surface area contributed by atoms with Crippen molar-refractivity contribution in [1.82, 2.24) is 0 Å². The van der Waals surface area contributed by atoms with E-state index in [4.69, 9.17) is 15.1 Å². The first kappa shape index (κ1) is 12.6. The SMILES string of the molecule is N#CC(OCCCO)c1cc(F)cc(F)c1. The van der Waals surface area contributed by atoms with Gasteiger partial charge in [-0.25, -0.2) is 8.78 Å². The average Bonchev–Trinajstić information content (AvgIpc) is 2.23. The van der Waals surface area contributed by atoms with Crippen LogP contribution in [0.4, 0.5) is 8.78 Å². The van der Waals surface area contributed by atoms with Gasteiger partial charge < -0.3 is 9.84 Å². The molecule has 1 N–H and O–H groups in total. The van der Waals surface area contributed by atoms with Crippen LogP contribution in [-0.2, 0) is 4.74 Å². The maximum Gasteiger partial charge on any atom is 0.169 e. The molecule has 0 saturated heterocycles. The van der Waals surface area contributed by atoms with Gasteiger partial charge in [0.2, 0.25) is 0 Å². The summed E-state index contributed by atoms with van der Waals surface area (Å²) < 4.78 is 30.8. The third kappa shape index (κ3) is 3.57. The standard InChI is InChI=1S/C11H11F2NO2/c12-9-4-8(5-10(13)6-9)11(7-14)16-3-1-2-15/h4-6,11,15H,1-3H2. The summed E-state index contributed by atoms with van der Waals surface area (Å²) in [7, 11) is 0. The fraction of sp³-hybridized carbons (Fsp3) is 0.364. The summed E-state index contributed by atoms with van der Waals surface area (Å²) in [5.74, 6) is -1.50. The second kappa shape index (κ2) is 6.16. The Labute approximate surface area is 91.9 Å². The van der Waals surface area contributed by atoms with Gasteiger partial charge in [-0.2, -0.15) is 5.26 Å². The summed E-state index contributed by atoms with van der Waals surface area (Å²) in [5, 5.41) is 17.3. The average molecular weight is 227 g/mol. The molecule has 0 fully saturated rings. The molecule has 5 heteroatoms. The van der Waals surface area contributed by atoms with Crippen molar-refractivity contribution < 1.29 is 18.6 Å². The van der Waals surface area contributed by atoms with E-state index >= 15 is 0 Å². The Balaban J connectivity index is 2.75. The summed E-state index contributed by atoms with van der Waals surface area (Å²) in [6, 6.07) is 4.63. The number of hydrogen-bond donors (Lipinski definition) is 1. The first-order chi connectivity index (χ1) is 7.67. The molecule has 0 aromatic heterocycles. The van der Waals surface area contributed by atoms with Gasteiger partial charge >= 0.3 is 0 Å². The van der Waals surface area contributed by atoms with Crippen molar-refractivity contribution >= 4 is 0 Å². The van der Waals surface area contributed by atoms with Gasteiger partial charge in [-0.1, -0.05) is 0 Å². The van der Waals surface area contributed by atoms with E-state index in [1.54, 1.807) is 6.07 Å². The number of halogens is 2. The molecule has 0 heterocycles. The second-order valence-electron chi connectivity index (χ2n) is 3.16. The van der Waals surface area contributed by atoms with Crippen molar-refractivity contribution in [2.24, 2.45) is 0 Å². The quantitative estimate of drug-likeness (QED) is 0.782. The smallest absolute Gasteiger partial charge is 0.169 e. The maximum absolute atomic E-state index is 12.9. The molecule has 0 saturated carbocycles. The van der Waals surface area contributed by atoms with Crippen molar-refractivity contribution in [3.05, 3.63) is 35.4 Å². The fourth-order valence-electron chi connectivity index (χ4n) is 1.20. The minimum atomic E-state index is -1.02. The topological polar surface area (TPSA) is 53.2 Å². The molecule has 1 aromatic carbocycles. The summed E-state index contributed by atoms with van der Waals surface area (Å²) in [5.41, 5.74) is 0.137. The molecule has 0 aliphatic carbocycles. The number of benzene rings is 1. The maximum atomic E-state index is 12.9. The highest BCUT2D eigenvalue weighted by molar-refractivity contribution is 5.24. The highest BCUT2D eigenvalue weighted by Gasteiger charge is 2.13. The van der Waals surface area contributed by atoms with Gasteiger partial charge in [0.25, 0.3) is 0 Å². The number of hydrogen-bond acceptors (Lipinski definition) is 3. The molecule has 3 nitrogen and oxygen atoms in total. The van der Waals surface area contributed by atoms with Crippen LogP contribution in [0.25, 0.3) is 0 Å². The van der Waals surface area contributed by atoms with Crippen LogP contribution >= 0.6 is 0 Å². The Morgan fingerprint density at radius 3 is 2.44 bits per heavy atom. The van der Waals surface area contributed by atoms with Gasteiger partial charge in [0, 0.05) is 18.2 Å². The third-order valence-corrected chi connectivity index (χ3v) is 1.89. The lowest BCUT2D eigenvalue weighted by atomic mass is 10.1. The first-order valence-corrected chi connectivity index (χ1v) is 4.75. The first-order valence-electron chi connectivity index (χ1n) is 4.75. The van der Waals surface area contributed by atoms with E-state index in [0.717, 1.165) is 18.2 Å². The van der Waals surface area contributed by atoms with E-state index in [9.17, 15) is 8.78 Å². The molecule has 0 aliphatic rings. The highest BCUT2D eigenvalue weighted by Crippen LogP contribution is 2.19. The summed E-state index contributed by atoms with van der Waals surface area (Å²) in [6.07, 6.45) is -0.646. The number of aliphatic hydroxyl groups is 1. The minimum absolute atomic E-state index is 0.0599. The van der Waals surface area contributed by atoms with Crippen LogP contribution in [0.2, 0.25) is 0 Å². The molecule has 0 bridgehead atoms. The Bertz CT molecular complexity index is 370. The third-order valence-electron chi connectivity index (χ3n) is 1.89. The lowest BCUT2D eigenvalue weighted by Crippen LogP contribution is -2.05.